The van der Waals surface area contributed by atoms with Crippen molar-refractivity contribution in [1.29, 1.82) is 0 Å². The molecule has 0 aliphatic heterocycles. The Hall–Kier alpha value is -0.230. The van der Waals surface area contributed by atoms with E-state index in [1.54, 1.807) is 0 Å². The first-order valence-electron chi connectivity index (χ1n) is 5.74. The summed E-state index contributed by atoms with van der Waals surface area (Å²) in [5.74, 6) is -1.59. The first-order valence-corrected chi connectivity index (χ1v) is 6.53. The predicted molar refractivity (Wildman–Crippen MR) is 65.8 cm³/mol. The summed E-state index contributed by atoms with van der Waals surface area (Å²) in [6.07, 6.45) is 2.60. The summed E-state index contributed by atoms with van der Waals surface area (Å²) in [4.78, 5) is 12.4. The molecular formula is C12H17BrO4. The second kappa shape index (κ2) is 4.80. The van der Waals surface area contributed by atoms with Crippen molar-refractivity contribution in [3.05, 3.63) is 10.6 Å². The Bertz CT molecular complexity index is 348. The fourth-order valence-corrected chi connectivity index (χ4v) is 3.60. The van der Waals surface area contributed by atoms with Crippen LogP contribution in [0.25, 0.3) is 0 Å². The van der Waals surface area contributed by atoms with Crippen LogP contribution in [0.3, 0.4) is 0 Å². The van der Waals surface area contributed by atoms with Crippen LogP contribution < -0.4 is 0 Å². The number of ketones is 1. The summed E-state index contributed by atoms with van der Waals surface area (Å²) in [6.45, 7) is 2.55. The van der Waals surface area contributed by atoms with Crippen LogP contribution >= 0.6 is 15.9 Å². The van der Waals surface area contributed by atoms with Crippen molar-refractivity contribution < 1.29 is 19.0 Å². The van der Waals surface area contributed by atoms with E-state index in [9.17, 15) is 4.79 Å². The Morgan fingerprint density at radius 3 is 2.65 bits per heavy atom. The molecule has 0 aromatic heterocycles. The Kier molecular flexibility index (Phi) is 3.73. The minimum absolute atomic E-state index is 0.0413. The lowest BCUT2D eigenvalue weighted by Gasteiger charge is -2.49. The molecule has 5 heteroatoms. The van der Waals surface area contributed by atoms with Crippen LogP contribution in [0.15, 0.2) is 10.6 Å². The summed E-state index contributed by atoms with van der Waals surface area (Å²) in [6, 6.07) is 0. The summed E-state index contributed by atoms with van der Waals surface area (Å²) in [5.41, 5.74) is 0. The fourth-order valence-electron chi connectivity index (χ4n) is 2.83. The van der Waals surface area contributed by atoms with Gasteiger partial charge in [-0.2, -0.15) is 0 Å². The van der Waals surface area contributed by atoms with Crippen molar-refractivity contribution in [2.24, 2.45) is 11.8 Å². The Balaban J connectivity index is 2.36. The van der Waals surface area contributed by atoms with E-state index in [1.165, 1.54) is 14.2 Å². The summed E-state index contributed by atoms with van der Waals surface area (Å²) in [7, 11) is 3.02. The maximum Gasteiger partial charge on any atom is 0.236 e. The van der Waals surface area contributed by atoms with Gasteiger partial charge in [-0.3, -0.25) is 4.79 Å². The third kappa shape index (κ3) is 1.80. The zero-order valence-corrected chi connectivity index (χ0v) is 11.8. The Morgan fingerprint density at radius 1 is 1.47 bits per heavy atom. The van der Waals surface area contributed by atoms with Crippen molar-refractivity contribution in [2.45, 2.75) is 25.2 Å². The van der Waals surface area contributed by atoms with Gasteiger partial charge in [-0.1, -0.05) is 22.0 Å². The van der Waals surface area contributed by atoms with Crippen LogP contribution in [0.4, 0.5) is 0 Å². The molecule has 4 nitrogen and oxygen atoms in total. The fraction of sp³-hybridized carbons (Fsp3) is 0.750. The molecule has 0 aromatic rings. The van der Waals surface area contributed by atoms with Crippen LogP contribution in [-0.4, -0.2) is 38.5 Å². The van der Waals surface area contributed by atoms with E-state index in [4.69, 9.17) is 14.2 Å². The van der Waals surface area contributed by atoms with Gasteiger partial charge in [0, 0.05) is 25.3 Å². The van der Waals surface area contributed by atoms with Crippen molar-refractivity contribution in [2.75, 3.05) is 20.8 Å². The molecule has 0 N–H and O–H groups in total. The number of carbonyl (C=O) groups excluding carboxylic acids is 1. The van der Waals surface area contributed by atoms with Gasteiger partial charge in [-0.25, -0.2) is 0 Å². The van der Waals surface area contributed by atoms with E-state index >= 15 is 0 Å². The summed E-state index contributed by atoms with van der Waals surface area (Å²) >= 11 is 3.50. The van der Waals surface area contributed by atoms with Gasteiger partial charge >= 0.3 is 0 Å². The lowest BCUT2D eigenvalue weighted by atomic mass is 9.69. The minimum Gasteiger partial charge on any atom is -0.377 e. The average molecular weight is 305 g/mol. The van der Waals surface area contributed by atoms with Crippen LogP contribution in [0.2, 0.25) is 0 Å². The van der Waals surface area contributed by atoms with Gasteiger partial charge in [0.1, 0.15) is 0 Å². The number of fused-ring (bicyclic) bond motifs is 2. The van der Waals surface area contributed by atoms with Gasteiger partial charge in [0.25, 0.3) is 0 Å². The quantitative estimate of drug-likeness (QED) is 0.744. The smallest absolute Gasteiger partial charge is 0.236 e. The average Bonchev–Trinajstić information content (AvgIpc) is 2.33. The zero-order valence-electron chi connectivity index (χ0n) is 10.2. The van der Waals surface area contributed by atoms with E-state index in [-0.39, 0.29) is 23.7 Å². The van der Waals surface area contributed by atoms with Gasteiger partial charge in [-0.15, -0.1) is 0 Å². The summed E-state index contributed by atoms with van der Waals surface area (Å²) in [5, 5.41) is 0. The monoisotopic (exact) mass is 304 g/mol. The van der Waals surface area contributed by atoms with Crippen LogP contribution in [-0.2, 0) is 19.0 Å². The lowest BCUT2D eigenvalue weighted by Crippen LogP contribution is -2.61. The Morgan fingerprint density at radius 2 is 2.12 bits per heavy atom. The molecule has 3 atom stereocenters. The molecule has 3 aliphatic carbocycles. The second-order valence-electron chi connectivity index (χ2n) is 4.30. The maximum atomic E-state index is 12.4. The highest BCUT2D eigenvalue weighted by molar-refractivity contribution is 9.11. The van der Waals surface area contributed by atoms with Gasteiger partial charge in [-0.05, 0) is 13.3 Å². The highest BCUT2D eigenvalue weighted by atomic mass is 79.9. The van der Waals surface area contributed by atoms with Crippen LogP contribution in [0.5, 0.6) is 0 Å². The third-order valence-electron chi connectivity index (χ3n) is 3.63. The number of ether oxygens (including phenoxy) is 3. The van der Waals surface area contributed by atoms with Crippen LogP contribution in [0, 0.1) is 11.8 Å². The number of hydrogen-bond acceptors (Lipinski definition) is 4. The molecule has 3 aliphatic rings. The standard InChI is InChI=1S/C12H17BrO4/c1-4-17-10-6-8-9(13)5-7(10)11(14)12(8,15-2)16-3/h5,7-8,10H,4,6H2,1-3H3/t7-,8-,10-/m0/s1. The first kappa shape index (κ1) is 13.2. The topological polar surface area (TPSA) is 44.8 Å². The number of hydrogen-bond donors (Lipinski definition) is 0. The van der Waals surface area contributed by atoms with Gasteiger partial charge < -0.3 is 14.2 Å². The molecule has 96 valence electrons. The third-order valence-corrected chi connectivity index (χ3v) is 4.45. The van der Waals surface area contributed by atoms with E-state index in [2.05, 4.69) is 15.9 Å². The minimum atomic E-state index is -1.15. The molecule has 2 bridgehead atoms. The maximum absolute atomic E-state index is 12.4. The van der Waals surface area contributed by atoms with Crippen molar-refractivity contribution in [1.82, 2.24) is 0 Å². The molecule has 1 saturated carbocycles. The normalized spacial score (nSPS) is 34.9. The molecule has 1 fully saturated rings. The predicted octanol–water partition coefficient (Wildman–Crippen LogP) is 1.88. The lowest BCUT2D eigenvalue weighted by molar-refractivity contribution is -0.245. The molecule has 0 spiro atoms. The highest BCUT2D eigenvalue weighted by Crippen LogP contribution is 2.49. The van der Waals surface area contributed by atoms with E-state index in [0.29, 0.717) is 6.61 Å². The largest absolute Gasteiger partial charge is 0.377 e. The second-order valence-corrected chi connectivity index (χ2v) is 5.22. The van der Waals surface area contributed by atoms with E-state index in [0.717, 1.165) is 10.9 Å². The number of methoxy groups -OCH3 is 2. The Labute approximate surface area is 109 Å². The van der Waals surface area contributed by atoms with E-state index < -0.39 is 5.79 Å². The SMILES string of the molecule is CCO[C@H]1C[C@H]2C(Br)=C[C@@H]1C(=O)C2(OC)OC. The first-order chi connectivity index (χ1) is 8.10. The van der Waals surface area contributed by atoms with Crippen molar-refractivity contribution >= 4 is 21.7 Å². The molecular weight excluding hydrogens is 288 g/mol. The van der Waals surface area contributed by atoms with Gasteiger partial charge in [0.2, 0.25) is 11.6 Å². The molecule has 0 amide bonds. The molecule has 0 radical (unpaired) electrons. The number of rotatable bonds is 4. The molecule has 0 aromatic carbocycles. The van der Waals surface area contributed by atoms with Gasteiger partial charge in [0.05, 0.1) is 17.9 Å². The van der Waals surface area contributed by atoms with Crippen molar-refractivity contribution in [3.63, 3.8) is 0 Å². The molecule has 0 heterocycles. The molecule has 3 rings (SSSR count). The summed E-state index contributed by atoms with van der Waals surface area (Å²) < 4.78 is 17.3. The molecule has 0 saturated heterocycles. The number of halogens is 1. The van der Waals surface area contributed by atoms with Crippen LogP contribution in [0.1, 0.15) is 13.3 Å². The van der Waals surface area contributed by atoms with E-state index in [1.807, 2.05) is 13.0 Å². The molecule has 0 unspecified atom stereocenters. The zero-order chi connectivity index (χ0) is 12.6. The molecule has 17 heavy (non-hydrogen) atoms. The highest BCUT2D eigenvalue weighted by Gasteiger charge is 2.59. The van der Waals surface area contributed by atoms with Gasteiger partial charge in [0.15, 0.2) is 0 Å². The number of Topliss-reactive ketones (excluding diaryl/α,β-unsaturated/α-hetero) is 1. The van der Waals surface area contributed by atoms with Crippen molar-refractivity contribution in [3.8, 4) is 0 Å². The number of carbonyl (C=O) groups is 1.